The van der Waals surface area contributed by atoms with Crippen molar-refractivity contribution in [3.8, 4) is 5.69 Å². The van der Waals surface area contributed by atoms with E-state index in [2.05, 4.69) is 0 Å². The molecular formula is C11H13N3O2. The van der Waals surface area contributed by atoms with Crippen LogP contribution in [-0.4, -0.2) is 9.31 Å². The lowest BCUT2D eigenvalue weighted by Gasteiger charge is -2.02. The fourth-order valence-corrected chi connectivity index (χ4v) is 1.51. The van der Waals surface area contributed by atoms with Crippen molar-refractivity contribution in [3.05, 3.63) is 46.5 Å². The minimum absolute atomic E-state index is 0.0474. The number of rotatable bonds is 2. The molecule has 84 valence electrons. The highest BCUT2D eigenvalue weighted by atomic mass is 16.5. The summed E-state index contributed by atoms with van der Waals surface area (Å²) in [5.41, 5.74) is 0.687. The van der Waals surface area contributed by atoms with Crippen LogP contribution < -0.4 is 11.4 Å². The predicted octanol–water partition coefficient (Wildman–Crippen LogP) is 1.29. The Balaban J connectivity index is 2.68. The van der Waals surface area contributed by atoms with Gasteiger partial charge < -0.3 is 4.52 Å². The van der Waals surface area contributed by atoms with E-state index >= 15 is 0 Å². The van der Waals surface area contributed by atoms with Gasteiger partial charge in [0.2, 0.25) is 5.62 Å². The van der Waals surface area contributed by atoms with E-state index in [1.807, 2.05) is 32.0 Å². The van der Waals surface area contributed by atoms with Crippen LogP contribution in [0, 0.1) is 5.41 Å². The van der Waals surface area contributed by atoms with Gasteiger partial charge in [0.05, 0.1) is 11.7 Å². The van der Waals surface area contributed by atoms with Gasteiger partial charge >= 0.3 is 5.76 Å². The van der Waals surface area contributed by atoms with Crippen molar-refractivity contribution >= 4 is 0 Å². The molecule has 16 heavy (non-hydrogen) atoms. The second kappa shape index (κ2) is 3.84. The third-order valence-corrected chi connectivity index (χ3v) is 2.26. The molecule has 1 heterocycles. The normalized spacial score (nSPS) is 10.9. The average molecular weight is 219 g/mol. The van der Waals surface area contributed by atoms with Crippen LogP contribution in [0.4, 0.5) is 0 Å². The van der Waals surface area contributed by atoms with Gasteiger partial charge in [0, 0.05) is 0 Å². The third kappa shape index (κ3) is 1.60. The average Bonchev–Trinajstić information content (AvgIpc) is 2.56. The van der Waals surface area contributed by atoms with Crippen molar-refractivity contribution < 1.29 is 4.52 Å². The number of benzene rings is 1. The molecule has 0 unspecified atom stereocenters. The summed E-state index contributed by atoms with van der Waals surface area (Å²) in [5, 5.41) is 7.87. The Morgan fingerprint density at radius 1 is 1.25 bits per heavy atom. The second-order valence-electron chi connectivity index (χ2n) is 3.77. The fraction of sp³-hybridized carbons (Fsp3) is 0.273. The van der Waals surface area contributed by atoms with E-state index in [0.717, 1.165) is 0 Å². The number of hydrogen-bond acceptors (Lipinski definition) is 3. The van der Waals surface area contributed by atoms with Crippen LogP contribution in [0.15, 0.2) is 39.6 Å². The van der Waals surface area contributed by atoms with Crippen LogP contribution >= 0.6 is 0 Å². The van der Waals surface area contributed by atoms with Gasteiger partial charge in [-0.15, -0.1) is 0 Å². The summed E-state index contributed by atoms with van der Waals surface area (Å²) in [6, 6.07) is 8.96. The maximum absolute atomic E-state index is 11.6. The van der Waals surface area contributed by atoms with Gasteiger partial charge in [0.1, 0.15) is 0 Å². The van der Waals surface area contributed by atoms with Crippen molar-refractivity contribution in [1.29, 1.82) is 5.41 Å². The van der Waals surface area contributed by atoms with E-state index in [4.69, 9.17) is 9.93 Å². The van der Waals surface area contributed by atoms with Gasteiger partial charge in [0.25, 0.3) is 0 Å². The van der Waals surface area contributed by atoms with Crippen LogP contribution in [0.25, 0.3) is 5.69 Å². The summed E-state index contributed by atoms with van der Waals surface area (Å²) >= 11 is 0. The van der Waals surface area contributed by atoms with Crippen molar-refractivity contribution in [2.75, 3.05) is 0 Å². The zero-order chi connectivity index (χ0) is 11.7. The first-order valence-electron chi connectivity index (χ1n) is 5.06. The molecule has 2 rings (SSSR count). The molecule has 2 aromatic rings. The molecular weight excluding hydrogens is 206 g/mol. The third-order valence-electron chi connectivity index (χ3n) is 2.26. The number of nitrogens with zero attached hydrogens (tertiary/aromatic N) is 2. The van der Waals surface area contributed by atoms with Crippen molar-refractivity contribution in [1.82, 2.24) is 9.31 Å². The van der Waals surface area contributed by atoms with Gasteiger partial charge in [-0.3, -0.25) is 5.41 Å². The Morgan fingerprint density at radius 2 is 1.88 bits per heavy atom. The van der Waals surface area contributed by atoms with Gasteiger partial charge in [-0.1, -0.05) is 18.2 Å². The SMILES string of the molecule is CC(C)n1oc(=O)n(-c2ccccc2)c1=N. The smallest absolute Gasteiger partial charge is 0.318 e. The van der Waals surface area contributed by atoms with E-state index in [9.17, 15) is 4.79 Å². The Hall–Kier alpha value is -2.04. The molecule has 0 aliphatic carbocycles. The van der Waals surface area contributed by atoms with Crippen LogP contribution in [0.2, 0.25) is 0 Å². The van der Waals surface area contributed by atoms with E-state index in [0.29, 0.717) is 5.69 Å². The van der Waals surface area contributed by atoms with Gasteiger partial charge in [-0.2, -0.15) is 4.74 Å². The first-order valence-corrected chi connectivity index (χ1v) is 5.06. The van der Waals surface area contributed by atoms with E-state index in [-0.39, 0.29) is 11.7 Å². The summed E-state index contributed by atoms with van der Waals surface area (Å²) in [5.74, 6) is -0.537. The molecule has 0 bridgehead atoms. The summed E-state index contributed by atoms with van der Waals surface area (Å²) in [6.07, 6.45) is 0. The molecule has 0 aliphatic rings. The number of aromatic nitrogens is 2. The Bertz CT molecular complexity index is 590. The standard InChI is InChI=1S/C11H13N3O2/c1-8(2)14-10(12)13(11(15)16-14)9-6-4-3-5-7-9/h3-8,12H,1-2H3. The molecule has 0 amide bonds. The molecule has 1 aromatic carbocycles. The van der Waals surface area contributed by atoms with Gasteiger partial charge in [-0.25, -0.2) is 9.36 Å². The molecule has 1 N–H and O–H groups in total. The molecule has 1 aromatic heterocycles. The summed E-state index contributed by atoms with van der Waals surface area (Å²) in [4.78, 5) is 11.6. The zero-order valence-electron chi connectivity index (χ0n) is 9.18. The monoisotopic (exact) mass is 219 g/mol. The highest BCUT2D eigenvalue weighted by molar-refractivity contribution is 5.29. The van der Waals surface area contributed by atoms with E-state index < -0.39 is 5.76 Å². The predicted molar refractivity (Wildman–Crippen MR) is 58.5 cm³/mol. The molecule has 5 heteroatoms. The Kier molecular flexibility index (Phi) is 2.52. The van der Waals surface area contributed by atoms with E-state index in [1.54, 1.807) is 12.1 Å². The highest BCUT2D eigenvalue weighted by Gasteiger charge is 2.12. The molecule has 0 saturated heterocycles. The molecule has 0 spiro atoms. The molecule has 0 radical (unpaired) electrons. The lowest BCUT2D eigenvalue weighted by atomic mass is 10.3. The Morgan fingerprint density at radius 3 is 2.38 bits per heavy atom. The van der Waals surface area contributed by atoms with Crippen LogP contribution in [-0.2, 0) is 0 Å². The lowest BCUT2D eigenvalue weighted by Crippen LogP contribution is -2.28. The highest BCUT2D eigenvalue weighted by Crippen LogP contribution is 2.03. The minimum atomic E-state index is -0.537. The number of nitrogens with one attached hydrogen (secondary N) is 1. The summed E-state index contributed by atoms with van der Waals surface area (Å²) in [7, 11) is 0. The lowest BCUT2D eigenvalue weighted by molar-refractivity contribution is 0.212. The van der Waals surface area contributed by atoms with Crippen LogP contribution in [0.5, 0.6) is 0 Å². The topological polar surface area (TPSA) is 63.9 Å². The number of para-hydroxylation sites is 1. The summed E-state index contributed by atoms with van der Waals surface area (Å²) in [6.45, 7) is 3.71. The first-order chi connectivity index (χ1) is 7.61. The summed E-state index contributed by atoms with van der Waals surface area (Å²) < 4.78 is 7.52. The molecule has 0 atom stereocenters. The van der Waals surface area contributed by atoms with Gasteiger partial charge in [-0.05, 0) is 26.0 Å². The maximum atomic E-state index is 11.6. The van der Waals surface area contributed by atoms with Crippen molar-refractivity contribution in [3.63, 3.8) is 0 Å². The molecule has 0 saturated carbocycles. The van der Waals surface area contributed by atoms with Gasteiger partial charge in [0.15, 0.2) is 0 Å². The molecule has 5 nitrogen and oxygen atoms in total. The molecule has 0 aliphatic heterocycles. The zero-order valence-corrected chi connectivity index (χ0v) is 9.18. The Labute approximate surface area is 92.0 Å². The van der Waals surface area contributed by atoms with Crippen LogP contribution in [0.1, 0.15) is 19.9 Å². The molecule has 0 fully saturated rings. The van der Waals surface area contributed by atoms with Crippen molar-refractivity contribution in [2.45, 2.75) is 19.9 Å². The first kappa shape index (κ1) is 10.5. The quantitative estimate of drug-likeness (QED) is 0.827. The minimum Gasteiger partial charge on any atom is -0.318 e. The van der Waals surface area contributed by atoms with Crippen LogP contribution in [0.3, 0.4) is 0 Å². The van der Waals surface area contributed by atoms with E-state index in [1.165, 1.54) is 9.31 Å². The second-order valence-corrected chi connectivity index (χ2v) is 3.77. The number of hydrogen-bond donors (Lipinski definition) is 1. The van der Waals surface area contributed by atoms with Crippen molar-refractivity contribution in [2.24, 2.45) is 0 Å². The largest absolute Gasteiger partial charge is 0.446 e. The maximum Gasteiger partial charge on any atom is 0.446 e. The fourth-order valence-electron chi connectivity index (χ4n) is 1.51.